The lowest BCUT2D eigenvalue weighted by molar-refractivity contribution is 0.721. The van der Waals surface area contributed by atoms with E-state index in [1.54, 1.807) is 13.2 Å². The molecular weight excluding hydrogens is 114 g/mol. The minimum atomic E-state index is 0.329. The summed E-state index contributed by atoms with van der Waals surface area (Å²) in [5.74, 6) is 0.329. The number of rotatable bonds is 3. The third-order valence-electron chi connectivity index (χ3n) is 1.01. The van der Waals surface area contributed by atoms with Crippen molar-refractivity contribution in [2.75, 3.05) is 7.05 Å². The van der Waals surface area contributed by atoms with Crippen LogP contribution in [0.15, 0.2) is 17.0 Å². The van der Waals surface area contributed by atoms with E-state index in [1.165, 1.54) is 0 Å². The van der Waals surface area contributed by atoms with E-state index in [0.717, 1.165) is 5.70 Å². The number of nitrogens with one attached hydrogen (secondary N) is 2. The molecule has 0 aromatic carbocycles. The highest BCUT2D eigenvalue weighted by Crippen LogP contribution is 2.07. The van der Waals surface area contributed by atoms with Gasteiger partial charge in [0, 0.05) is 13.2 Å². The average Bonchev–Trinajstić information content (AvgIpc) is 1.82. The Hall–Kier alpha value is -0.860. The fourth-order valence-corrected chi connectivity index (χ4v) is 0.476. The fourth-order valence-electron chi connectivity index (χ4n) is 0.476. The summed E-state index contributed by atoms with van der Waals surface area (Å²) in [4.78, 5) is 0. The van der Waals surface area contributed by atoms with E-state index in [2.05, 4.69) is 10.4 Å². The molecule has 3 heteroatoms. The Kier molecular flexibility index (Phi) is 3.67. The molecule has 0 heterocycles. The molecule has 2 N–H and O–H groups in total. The van der Waals surface area contributed by atoms with Gasteiger partial charge in [-0.3, -0.25) is 0 Å². The van der Waals surface area contributed by atoms with Crippen LogP contribution in [0.25, 0.3) is 0 Å². The van der Waals surface area contributed by atoms with Gasteiger partial charge in [-0.05, 0) is 5.92 Å². The summed E-state index contributed by atoms with van der Waals surface area (Å²) >= 11 is 0. The van der Waals surface area contributed by atoms with Gasteiger partial charge in [-0.15, -0.1) is 0 Å². The Morgan fingerprint density at radius 1 is 1.67 bits per heavy atom. The predicted octanol–water partition coefficient (Wildman–Crippen LogP) is 1.73. The van der Waals surface area contributed by atoms with Crippen LogP contribution in [0.2, 0.25) is 0 Å². The van der Waals surface area contributed by atoms with Crippen LogP contribution in [-0.4, -0.2) is 7.05 Å². The minimum Gasteiger partial charge on any atom is -0.392 e. The average molecular weight is 127 g/mol. The van der Waals surface area contributed by atoms with Crippen molar-refractivity contribution in [1.29, 1.82) is 5.53 Å². The maximum absolute atomic E-state index is 6.71. The largest absolute Gasteiger partial charge is 0.392 e. The Balaban J connectivity index is 3.97. The number of hydrogen-bond donors (Lipinski definition) is 2. The van der Waals surface area contributed by atoms with Gasteiger partial charge in [0.15, 0.2) is 0 Å². The molecule has 9 heavy (non-hydrogen) atoms. The molecule has 0 fully saturated rings. The van der Waals surface area contributed by atoms with E-state index < -0.39 is 0 Å². The molecule has 0 aliphatic rings. The molecule has 0 aromatic heterocycles. The zero-order valence-corrected chi connectivity index (χ0v) is 6.10. The summed E-state index contributed by atoms with van der Waals surface area (Å²) in [6, 6.07) is 0. The number of hydrogen-bond acceptors (Lipinski definition) is 3. The van der Waals surface area contributed by atoms with Gasteiger partial charge in [-0.25, -0.2) is 5.53 Å². The van der Waals surface area contributed by atoms with E-state index in [4.69, 9.17) is 5.53 Å². The fraction of sp³-hybridized carbons (Fsp3) is 0.667. The smallest absolute Gasteiger partial charge is 0.0804 e. The zero-order valence-electron chi connectivity index (χ0n) is 6.10. The lowest BCUT2D eigenvalue weighted by Gasteiger charge is -2.01. The standard InChI is InChI=1S/C6H13N3/c1-5(2)6(9-7)4-8-3/h4-5,7-8H,1-3H3/b6-4-,9-7?. The van der Waals surface area contributed by atoms with Crippen LogP contribution >= 0.6 is 0 Å². The maximum atomic E-state index is 6.71. The van der Waals surface area contributed by atoms with Crippen LogP contribution in [0.1, 0.15) is 13.8 Å². The van der Waals surface area contributed by atoms with Crippen molar-refractivity contribution in [3.8, 4) is 0 Å². The van der Waals surface area contributed by atoms with Gasteiger partial charge in [0.1, 0.15) is 0 Å². The molecule has 0 spiro atoms. The molecule has 0 aromatic rings. The highest BCUT2D eigenvalue weighted by atomic mass is 15.0. The van der Waals surface area contributed by atoms with Crippen LogP contribution < -0.4 is 5.32 Å². The first kappa shape index (κ1) is 8.14. The SMILES string of the molecule is CN/C=C(\N=N)C(C)C. The third-order valence-corrected chi connectivity index (χ3v) is 1.01. The Bertz CT molecular complexity index is 115. The molecule has 0 atom stereocenters. The summed E-state index contributed by atoms with van der Waals surface area (Å²) in [6.07, 6.45) is 1.73. The van der Waals surface area contributed by atoms with Crippen LogP contribution in [0.3, 0.4) is 0 Å². The molecule has 0 aliphatic heterocycles. The molecule has 0 saturated heterocycles. The normalized spacial score (nSPS) is 11.8. The van der Waals surface area contributed by atoms with Gasteiger partial charge in [-0.2, -0.15) is 5.11 Å². The van der Waals surface area contributed by atoms with E-state index in [-0.39, 0.29) is 0 Å². The van der Waals surface area contributed by atoms with Crippen LogP contribution in [0.4, 0.5) is 0 Å². The molecule has 0 aliphatic carbocycles. The second-order valence-corrected chi connectivity index (χ2v) is 2.12. The Labute approximate surface area is 55.7 Å². The van der Waals surface area contributed by atoms with Crippen molar-refractivity contribution in [3.63, 3.8) is 0 Å². The summed E-state index contributed by atoms with van der Waals surface area (Å²) in [7, 11) is 1.80. The van der Waals surface area contributed by atoms with Crippen molar-refractivity contribution in [2.45, 2.75) is 13.8 Å². The van der Waals surface area contributed by atoms with Crippen LogP contribution in [0.5, 0.6) is 0 Å². The molecule has 0 bridgehead atoms. The van der Waals surface area contributed by atoms with Crippen LogP contribution in [0, 0.1) is 11.4 Å². The molecule has 3 nitrogen and oxygen atoms in total. The lowest BCUT2D eigenvalue weighted by Crippen LogP contribution is -1.99. The van der Waals surface area contributed by atoms with Crippen molar-refractivity contribution < 1.29 is 0 Å². The molecule has 0 rings (SSSR count). The highest BCUT2D eigenvalue weighted by molar-refractivity contribution is 4.99. The first-order valence-electron chi connectivity index (χ1n) is 2.97. The van der Waals surface area contributed by atoms with Crippen molar-refractivity contribution >= 4 is 0 Å². The molecule has 52 valence electrons. The van der Waals surface area contributed by atoms with E-state index >= 15 is 0 Å². The topological polar surface area (TPSA) is 48.2 Å². The zero-order chi connectivity index (χ0) is 7.28. The summed E-state index contributed by atoms with van der Waals surface area (Å²) in [6.45, 7) is 4.00. The molecule has 0 unspecified atom stereocenters. The summed E-state index contributed by atoms with van der Waals surface area (Å²) in [5.41, 5.74) is 7.49. The van der Waals surface area contributed by atoms with E-state index in [9.17, 15) is 0 Å². The highest BCUT2D eigenvalue weighted by Gasteiger charge is 1.98. The first-order valence-corrected chi connectivity index (χ1v) is 2.97. The maximum Gasteiger partial charge on any atom is 0.0804 e. The van der Waals surface area contributed by atoms with Crippen LogP contribution in [-0.2, 0) is 0 Å². The molecule has 0 amide bonds. The predicted molar refractivity (Wildman–Crippen MR) is 37.1 cm³/mol. The lowest BCUT2D eigenvalue weighted by atomic mass is 10.2. The van der Waals surface area contributed by atoms with Gasteiger partial charge in [0.25, 0.3) is 0 Å². The van der Waals surface area contributed by atoms with Gasteiger partial charge < -0.3 is 5.32 Å². The molecule has 0 saturated carbocycles. The van der Waals surface area contributed by atoms with Crippen molar-refractivity contribution in [2.24, 2.45) is 11.0 Å². The van der Waals surface area contributed by atoms with E-state index in [0.29, 0.717) is 5.92 Å². The Morgan fingerprint density at radius 2 is 2.22 bits per heavy atom. The number of nitrogens with zero attached hydrogens (tertiary/aromatic N) is 1. The minimum absolute atomic E-state index is 0.329. The summed E-state index contributed by atoms with van der Waals surface area (Å²) < 4.78 is 0. The third kappa shape index (κ3) is 2.85. The van der Waals surface area contributed by atoms with Gasteiger partial charge in [0.05, 0.1) is 5.70 Å². The second-order valence-electron chi connectivity index (χ2n) is 2.12. The first-order chi connectivity index (χ1) is 4.22. The van der Waals surface area contributed by atoms with Gasteiger partial charge in [0.2, 0.25) is 0 Å². The summed E-state index contributed by atoms with van der Waals surface area (Å²) in [5, 5.41) is 6.15. The second kappa shape index (κ2) is 4.06. The Morgan fingerprint density at radius 3 is 2.33 bits per heavy atom. The molecule has 0 radical (unpaired) electrons. The van der Waals surface area contributed by atoms with Gasteiger partial charge in [-0.1, -0.05) is 13.8 Å². The monoisotopic (exact) mass is 127 g/mol. The van der Waals surface area contributed by atoms with Gasteiger partial charge >= 0.3 is 0 Å². The number of allylic oxidation sites excluding steroid dienone is 1. The van der Waals surface area contributed by atoms with Crippen molar-refractivity contribution in [1.82, 2.24) is 5.32 Å². The van der Waals surface area contributed by atoms with E-state index in [1.807, 2.05) is 13.8 Å². The quantitative estimate of drug-likeness (QED) is 0.557. The van der Waals surface area contributed by atoms with Crippen molar-refractivity contribution in [3.05, 3.63) is 11.9 Å². The molecular formula is C6H13N3.